The first-order valence-corrected chi connectivity index (χ1v) is 7.55. The summed E-state index contributed by atoms with van der Waals surface area (Å²) < 4.78 is 2.45. The number of aromatic nitrogens is 3. The third-order valence-corrected chi connectivity index (χ3v) is 3.74. The molecule has 3 rings (SSSR count). The number of rotatable bonds is 3. The maximum Gasteiger partial charge on any atom is 0.277 e. The molecule has 0 atom stereocenters. The molecule has 110 valence electrons. The summed E-state index contributed by atoms with van der Waals surface area (Å²) in [6, 6.07) is 14.5. The summed E-state index contributed by atoms with van der Waals surface area (Å²) >= 11 is 9.41. The maximum atomic E-state index is 12.2. The summed E-state index contributed by atoms with van der Waals surface area (Å²) in [6.07, 6.45) is 1.56. The predicted octanol–water partition coefficient (Wildman–Crippen LogP) is 3.94. The number of amides is 1. The second-order valence-corrected chi connectivity index (χ2v) is 5.79. The van der Waals surface area contributed by atoms with Crippen LogP contribution in [-0.2, 0) is 0 Å². The van der Waals surface area contributed by atoms with Crippen LogP contribution in [0.2, 0.25) is 5.02 Å². The largest absolute Gasteiger partial charge is 0.319 e. The number of nitrogens with one attached hydrogen (secondary N) is 1. The number of carbonyl (C=O) groups excluding carboxylic acids is 1. The number of carbonyl (C=O) groups is 1. The van der Waals surface area contributed by atoms with Gasteiger partial charge in [0.1, 0.15) is 0 Å². The monoisotopic (exact) mass is 376 g/mol. The molecule has 0 spiro atoms. The topological polar surface area (TPSA) is 59.8 Å². The first-order valence-electron chi connectivity index (χ1n) is 6.37. The van der Waals surface area contributed by atoms with E-state index >= 15 is 0 Å². The van der Waals surface area contributed by atoms with Gasteiger partial charge in [0.15, 0.2) is 5.69 Å². The van der Waals surface area contributed by atoms with E-state index in [9.17, 15) is 4.79 Å². The van der Waals surface area contributed by atoms with E-state index in [-0.39, 0.29) is 11.6 Å². The summed E-state index contributed by atoms with van der Waals surface area (Å²) in [5, 5.41) is 11.0. The molecule has 0 aliphatic heterocycles. The minimum atomic E-state index is -0.366. The van der Waals surface area contributed by atoms with Gasteiger partial charge in [0.05, 0.1) is 22.6 Å². The predicted molar refractivity (Wildman–Crippen MR) is 88.5 cm³/mol. The molecule has 1 amide bonds. The molecular weight excluding hydrogens is 368 g/mol. The Balaban J connectivity index is 1.82. The van der Waals surface area contributed by atoms with Crippen molar-refractivity contribution in [1.82, 2.24) is 15.0 Å². The lowest BCUT2D eigenvalue weighted by Gasteiger charge is -2.04. The average molecular weight is 378 g/mol. The zero-order chi connectivity index (χ0) is 15.5. The number of hydrogen-bond acceptors (Lipinski definition) is 3. The second kappa shape index (κ2) is 6.29. The average Bonchev–Trinajstić information content (AvgIpc) is 2.99. The van der Waals surface area contributed by atoms with Gasteiger partial charge in [0, 0.05) is 4.47 Å². The van der Waals surface area contributed by atoms with Crippen LogP contribution in [0.25, 0.3) is 5.69 Å². The lowest BCUT2D eigenvalue weighted by molar-refractivity contribution is 0.102. The molecule has 0 saturated carbocycles. The number of hydrogen-bond donors (Lipinski definition) is 1. The van der Waals surface area contributed by atoms with E-state index in [1.807, 2.05) is 24.3 Å². The molecule has 5 nitrogen and oxygen atoms in total. The van der Waals surface area contributed by atoms with Crippen LogP contribution in [0, 0.1) is 0 Å². The second-order valence-electron chi connectivity index (χ2n) is 4.46. The highest BCUT2D eigenvalue weighted by Crippen LogP contribution is 2.21. The molecule has 0 radical (unpaired) electrons. The molecule has 0 aliphatic rings. The van der Waals surface area contributed by atoms with E-state index < -0.39 is 0 Å². The van der Waals surface area contributed by atoms with Gasteiger partial charge in [0.2, 0.25) is 0 Å². The van der Waals surface area contributed by atoms with Crippen molar-refractivity contribution in [3.63, 3.8) is 0 Å². The van der Waals surface area contributed by atoms with Crippen LogP contribution < -0.4 is 5.32 Å². The molecule has 0 fully saturated rings. The smallest absolute Gasteiger partial charge is 0.277 e. The lowest BCUT2D eigenvalue weighted by atomic mass is 10.3. The van der Waals surface area contributed by atoms with E-state index in [2.05, 4.69) is 31.6 Å². The molecule has 0 saturated heterocycles. The standard InChI is InChI=1S/C15H10BrClN4O/c16-10-4-3-5-11(8-10)21-9-14(19-20-21)15(22)18-13-7-2-1-6-12(13)17/h1-9H,(H,18,22). The molecular formula is C15H10BrClN4O. The van der Waals surface area contributed by atoms with Crippen molar-refractivity contribution < 1.29 is 4.79 Å². The molecule has 0 aliphatic carbocycles. The third-order valence-electron chi connectivity index (χ3n) is 2.92. The Kier molecular flexibility index (Phi) is 4.22. The fraction of sp³-hybridized carbons (Fsp3) is 0. The molecule has 1 heterocycles. The molecule has 1 N–H and O–H groups in total. The van der Waals surface area contributed by atoms with Gasteiger partial charge >= 0.3 is 0 Å². The highest BCUT2D eigenvalue weighted by molar-refractivity contribution is 9.10. The molecule has 7 heteroatoms. The first-order chi connectivity index (χ1) is 10.6. The zero-order valence-corrected chi connectivity index (χ0v) is 13.5. The fourth-order valence-electron chi connectivity index (χ4n) is 1.86. The quantitative estimate of drug-likeness (QED) is 0.752. The highest BCUT2D eigenvalue weighted by atomic mass is 79.9. The Bertz CT molecular complexity index is 834. The Morgan fingerprint density at radius 3 is 2.77 bits per heavy atom. The van der Waals surface area contributed by atoms with Crippen molar-refractivity contribution in [2.45, 2.75) is 0 Å². The summed E-state index contributed by atoms with van der Waals surface area (Å²) in [5.74, 6) is -0.366. The Hall–Kier alpha value is -2.18. The summed E-state index contributed by atoms with van der Waals surface area (Å²) in [7, 11) is 0. The van der Waals surface area contributed by atoms with Crippen LogP contribution in [0.3, 0.4) is 0 Å². The zero-order valence-electron chi connectivity index (χ0n) is 11.2. The van der Waals surface area contributed by atoms with Crippen molar-refractivity contribution in [2.75, 3.05) is 5.32 Å². The molecule has 3 aromatic rings. The normalized spacial score (nSPS) is 10.5. The highest BCUT2D eigenvalue weighted by Gasteiger charge is 2.13. The molecule has 1 aromatic heterocycles. The molecule has 2 aromatic carbocycles. The number of halogens is 2. The van der Waals surface area contributed by atoms with Crippen LogP contribution in [0.4, 0.5) is 5.69 Å². The Labute approximate surface area is 140 Å². The van der Waals surface area contributed by atoms with E-state index in [1.54, 1.807) is 30.5 Å². The van der Waals surface area contributed by atoms with Gasteiger partial charge in [-0.1, -0.05) is 50.9 Å². The maximum absolute atomic E-state index is 12.2. The van der Waals surface area contributed by atoms with E-state index in [1.165, 1.54) is 4.68 Å². The van der Waals surface area contributed by atoms with Crippen LogP contribution >= 0.6 is 27.5 Å². The van der Waals surface area contributed by atoms with Gasteiger partial charge in [-0.25, -0.2) is 4.68 Å². The number of anilines is 1. The summed E-state index contributed by atoms with van der Waals surface area (Å²) in [6.45, 7) is 0. The van der Waals surface area contributed by atoms with E-state index in [4.69, 9.17) is 11.6 Å². The minimum absolute atomic E-state index is 0.208. The fourth-order valence-corrected chi connectivity index (χ4v) is 2.43. The van der Waals surface area contributed by atoms with Crippen LogP contribution in [0.15, 0.2) is 59.2 Å². The van der Waals surface area contributed by atoms with Gasteiger partial charge in [-0.2, -0.15) is 0 Å². The van der Waals surface area contributed by atoms with Crippen LogP contribution in [0.1, 0.15) is 10.5 Å². The molecule has 22 heavy (non-hydrogen) atoms. The Morgan fingerprint density at radius 2 is 2.00 bits per heavy atom. The first kappa shape index (κ1) is 14.7. The summed E-state index contributed by atoms with van der Waals surface area (Å²) in [5.41, 5.74) is 1.55. The van der Waals surface area contributed by atoms with Crippen molar-refractivity contribution >= 4 is 39.1 Å². The lowest BCUT2D eigenvalue weighted by Crippen LogP contribution is -2.12. The van der Waals surface area contributed by atoms with Crippen molar-refractivity contribution in [3.05, 3.63) is 69.9 Å². The Morgan fingerprint density at radius 1 is 1.18 bits per heavy atom. The van der Waals surface area contributed by atoms with Crippen LogP contribution in [-0.4, -0.2) is 20.9 Å². The van der Waals surface area contributed by atoms with Gasteiger partial charge in [-0.3, -0.25) is 4.79 Å². The van der Waals surface area contributed by atoms with Gasteiger partial charge in [-0.05, 0) is 30.3 Å². The minimum Gasteiger partial charge on any atom is -0.319 e. The van der Waals surface area contributed by atoms with Crippen molar-refractivity contribution in [2.24, 2.45) is 0 Å². The van der Waals surface area contributed by atoms with Gasteiger partial charge in [-0.15, -0.1) is 5.10 Å². The summed E-state index contributed by atoms with van der Waals surface area (Å²) in [4.78, 5) is 12.2. The third kappa shape index (κ3) is 3.18. The van der Waals surface area contributed by atoms with Gasteiger partial charge in [0.25, 0.3) is 5.91 Å². The van der Waals surface area contributed by atoms with E-state index in [0.29, 0.717) is 10.7 Å². The van der Waals surface area contributed by atoms with E-state index in [0.717, 1.165) is 10.2 Å². The SMILES string of the molecule is O=C(Nc1ccccc1Cl)c1cn(-c2cccc(Br)c2)nn1. The number of benzene rings is 2. The van der Waals surface area contributed by atoms with Crippen LogP contribution in [0.5, 0.6) is 0 Å². The molecule has 0 bridgehead atoms. The van der Waals surface area contributed by atoms with Crippen molar-refractivity contribution in [1.29, 1.82) is 0 Å². The number of nitrogens with zero attached hydrogens (tertiary/aromatic N) is 3. The molecule has 0 unspecified atom stereocenters. The van der Waals surface area contributed by atoms with Gasteiger partial charge < -0.3 is 5.32 Å². The van der Waals surface area contributed by atoms with Crippen molar-refractivity contribution in [3.8, 4) is 5.69 Å². The number of para-hydroxylation sites is 1.